The Labute approximate surface area is 106 Å². The molecule has 0 aliphatic heterocycles. The lowest BCUT2D eigenvalue weighted by molar-refractivity contribution is -0.136. The molecule has 1 fully saturated rings. The van der Waals surface area contributed by atoms with Crippen molar-refractivity contribution in [1.82, 2.24) is 0 Å². The van der Waals surface area contributed by atoms with E-state index in [0.717, 1.165) is 12.8 Å². The van der Waals surface area contributed by atoms with Gasteiger partial charge < -0.3 is 10.4 Å². The van der Waals surface area contributed by atoms with Crippen LogP contribution in [0.1, 0.15) is 31.2 Å². The van der Waals surface area contributed by atoms with E-state index < -0.39 is 5.97 Å². The molecule has 4 nitrogen and oxygen atoms in total. The molecule has 0 unspecified atom stereocenters. The Morgan fingerprint density at radius 1 is 1.33 bits per heavy atom. The van der Waals surface area contributed by atoms with E-state index in [4.69, 9.17) is 5.11 Å². The van der Waals surface area contributed by atoms with Crippen molar-refractivity contribution in [2.45, 2.75) is 32.1 Å². The van der Waals surface area contributed by atoms with Crippen LogP contribution < -0.4 is 5.32 Å². The molecule has 1 aromatic rings. The molecule has 1 aliphatic rings. The molecule has 0 heterocycles. The quantitative estimate of drug-likeness (QED) is 0.839. The molecule has 96 valence electrons. The Morgan fingerprint density at radius 3 is 2.72 bits per heavy atom. The van der Waals surface area contributed by atoms with Gasteiger partial charge in [-0.25, -0.2) is 0 Å². The number of carbonyl (C=O) groups excluding carboxylic acids is 1. The highest BCUT2D eigenvalue weighted by Crippen LogP contribution is 2.29. The Hall–Kier alpha value is -1.84. The molecule has 2 rings (SSSR count). The molecule has 0 atom stereocenters. The van der Waals surface area contributed by atoms with Crippen LogP contribution in [0.2, 0.25) is 0 Å². The number of hydrogen-bond donors (Lipinski definition) is 2. The van der Waals surface area contributed by atoms with Crippen LogP contribution in [0, 0.1) is 5.92 Å². The molecule has 1 amide bonds. The number of carbonyl (C=O) groups is 2. The average Bonchev–Trinajstić information content (AvgIpc) is 2.23. The van der Waals surface area contributed by atoms with Gasteiger partial charge in [-0.1, -0.05) is 18.6 Å². The highest BCUT2D eigenvalue weighted by Gasteiger charge is 2.20. The minimum absolute atomic E-state index is 0.0205. The third kappa shape index (κ3) is 3.58. The van der Waals surface area contributed by atoms with E-state index in [9.17, 15) is 9.59 Å². The van der Waals surface area contributed by atoms with E-state index in [1.807, 2.05) is 0 Å². The molecular formula is C14H17NO3. The van der Waals surface area contributed by atoms with Gasteiger partial charge >= 0.3 is 5.97 Å². The first-order valence-electron chi connectivity index (χ1n) is 6.24. The van der Waals surface area contributed by atoms with Crippen LogP contribution in [0.25, 0.3) is 0 Å². The lowest BCUT2D eigenvalue weighted by Crippen LogP contribution is -2.20. The minimum atomic E-state index is -0.868. The standard InChI is InChI=1S/C14H17NO3/c16-13(8-10-3-1-4-10)15-12-6-2-5-11(7-12)9-14(17)18/h2,5-7,10H,1,3-4,8-9H2,(H,15,16)(H,17,18). The van der Waals surface area contributed by atoms with Crippen molar-refractivity contribution in [3.8, 4) is 0 Å². The summed E-state index contributed by atoms with van der Waals surface area (Å²) >= 11 is 0. The molecule has 0 aromatic heterocycles. The predicted molar refractivity (Wildman–Crippen MR) is 68.4 cm³/mol. The van der Waals surface area contributed by atoms with Crippen molar-refractivity contribution in [2.75, 3.05) is 5.32 Å². The fourth-order valence-electron chi connectivity index (χ4n) is 2.10. The van der Waals surface area contributed by atoms with Crippen molar-refractivity contribution >= 4 is 17.6 Å². The maximum absolute atomic E-state index is 11.7. The zero-order valence-corrected chi connectivity index (χ0v) is 10.2. The van der Waals surface area contributed by atoms with E-state index in [2.05, 4.69) is 5.32 Å². The van der Waals surface area contributed by atoms with E-state index in [1.54, 1.807) is 24.3 Å². The summed E-state index contributed by atoms with van der Waals surface area (Å²) in [5, 5.41) is 11.5. The van der Waals surface area contributed by atoms with Gasteiger partial charge in [0.1, 0.15) is 0 Å². The van der Waals surface area contributed by atoms with Crippen molar-refractivity contribution in [1.29, 1.82) is 0 Å². The van der Waals surface area contributed by atoms with Gasteiger partial charge in [0.25, 0.3) is 0 Å². The van der Waals surface area contributed by atoms with Gasteiger partial charge in [-0.05, 0) is 36.5 Å². The summed E-state index contributed by atoms with van der Waals surface area (Å²) in [4.78, 5) is 22.3. The van der Waals surface area contributed by atoms with E-state index >= 15 is 0 Å². The van der Waals surface area contributed by atoms with Crippen LogP contribution in [0.15, 0.2) is 24.3 Å². The summed E-state index contributed by atoms with van der Waals surface area (Å²) in [6.07, 6.45) is 4.07. The van der Waals surface area contributed by atoms with Gasteiger partial charge in [0.05, 0.1) is 6.42 Å². The van der Waals surface area contributed by atoms with Gasteiger partial charge in [-0.3, -0.25) is 9.59 Å². The van der Waals surface area contributed by atoms with E-state index in [-0.39, 0.29) is 12.3 Å². The van der Waals surface area contributed by atoms with Crippen LogP contribution in [0.3, 0.4) is 0 Å². The summed E-state index contributed by atoms with van der Waals surface area (Å²) < 4.78 is 0. The number of carboxylic acid groups (broad SMARTS) is 1. The number of hydrogen-bond acceptors (Lipinski definition) is 2. The highest BCUT2D eigenvalue weighted by atomic mass is 16.4. The molecule has 0 bridgehead atoms. The van der Waals surface area contributed by atoms with Crippen molar-refractivity contribution in [2.24, 2.45) is 5.92 Å². The Morgan fingerprint density at radius 2 is 2.11 bits per heavy atom. The van der Waals surface area contributed by atoms with E-state index in [1.165, 1.54) is 6.42 Å². The summed E-state index contributed by atoms with van der Waals surface area (Å²) in [5.41, 5.74) is 1.38. The van der Waals surface area contributed by atoms with Gasteiger partial charge in [0.15, 0.2) is 0 Å². The summed E-state index contributed by atoms with van der Waals surface area (Å²) in [5.74, 6) is -0.313. The first-order valence-corrected chi connectivity index (χ1v) is 6.24. The fraction of sp³-hybridized carbons (Fsp3) is 0.429. The van der Waals surface area contributed by atoms with Crippen LogP contribution in [-0.2, 0) is 16.0 Å². The number of nitrogens with one attached hydrogen (secondary N) is 1. The Kier molecular flexibility index (Phi) is 3.97. The lowest BCUT2D eigenvalue weighted by Gasteiger charge is -2.24. The second-order valence-corrected chi connectivity index (χ2v) is 4.82. The monoisotopic (exact) mass is 247 g/mol. The zero-order chi connectivity index (χ0) is 13.0. The molecule has 1 aromatic carbocycles. The third-order valence-electron chi connectivity index (χ3n) is 3.26. The summed E-state index contributed by atoms with van der Waals surface area (Å²) in [7, 11) is 0. The first kappa shape index (κ1) is 12.6. The van der Waals surface area contributed by atoms with Gasteiger partial charge in [0.2, 0.25) is 5.91 Å². The number of anilines is 1. The van der Waals surface area contributed by atoms with Crippen LogP contribution in [0.4, 0.5) is 5.69 Å². The van der Waals surface area contributed by atoms with Gasteiger partial charge in [-0.2, -0.15) is 0 Å². The van der Waals surface area contributed by atoms with Gasteiger partial charge in [0, 0.05) is 12.1 Å². The number of benzene rings is 1. The second-order valence-electron chi connectivity index (χ2n) is 4.82. The molecule has 1 saturated carbocycles. The maximum atomic E-state index is 11.7. The van der Waals surface area contributed by atoms with Crippen molar-refractivity contribution < 1.29 is 14.7 Å². The molecule has 2 N–H and O–H groups in total. The van der Waals surface area contributed by atoms with Crippen molar-refractivity contribution in [3.05, 3.63) is 29.8 Å². The topological polar surface area (TPSA) is 66.4 Å². The molecular weight excluding hydrogens is 230 g/mol. The molecule has 4 heteroatoms. The Bertz CT molecular complexity index is 452. The summed E-state index contributed by atoms with van der Waals surface area (Å²) in [6.45, 7) is 0. The van der Waals surface area contributed by atoms with Crippen molar-refractivity contribution in [3.63, 3.8) is 0 Å². The predicted octanol–water partition coefficient (Wildman–Crippen LogP) is 2.44. The van der Waals surface area contributed by atoms with E-state index in [0.29, 0.717) is 23.6 Å². The number of carboxylic acids is 1. The van der Waals surface area contributed by atoms with Crippen LogP contribution in [-0.4, -0.2) is 17.0 Å². The first-order chi connectivity index (χ1) is 8.63. The zero-order valence-electron chi connectivity index (χ0n) is 10.2. The number of rotatable bonds is 5. The summed E-state index contributed by atoms with van der Waals surface area (Å²) in [6, 6.07) is 7.00. The molecule has 18 heavy (non-hydrogen) atoms. The largest absolute Gasteiger partial charge is 0.481 e. The molecule has 0 saturated heterocycles. The molecule has 0 spiro atoms. The van der Waals surface area contributed by atoms with Crippen LogP contribution in [0.5, 0.6) is 0 Å². The van der Waals surface area contributed by atoms with Crippen LogP contribution >= 0.6 is 0 Å². The highest BCUT2D eigenvalue weighted by molar-refractivity contribution is 5.91. The third-order valence-corrected chi connectivity index (χ3v) is 3.26. The normalized spacial score (nSPS) is 14.9. The smallest absolute Gasteiger partial charge is 0.307 e. The number of aliphatic carboxylic acids is 1. The SMILES string of the molecule is O=C(O)Cc1cccc(NC(=O)CC2CCC2)c1. The maximum Gasteiger partial charge on any atom is 0.307 e. The minimum Gasteiger partial charge on any atom is -0.481 e. The second kappa shape index (κ2) is 5.67. The van der Waals surface area contributed by atoms with Gasteiger partial charge in [-0.15, -0.1) is 0 Å². The number of amides is 1. The molecule has 0 radical (unpaired) electrons. The fourth-order valence-corrected chi connectivity index (χ4v) is 2.10. The lowest BCUT2D eigenvalue weighted by atomic mass is 9.83. The molecule has 1 aliphatic carbocycles. The Balaban J connectivity index is 1.91. The average molecular weight is 247 g/mol.